The maximum absolute atomic E-state index is 12.1. The number of benzene rings is 1. The molecule has 0 saturated carbocycles. The Morgan fingerprint density at radius 1 is 1.56 bits per heavy atom. The van der Waals surface area contributed by atoms with Crippen molar-refractivity contribution in [3.05, 3.63) is 23.2 Å². The summed E-state index contributed by atoms with van der Waals surface area (Å²) >= 11 is 5.86. The molecule has 0 fully saturated rings. The van der Waals surface area contributed by atoms with E-state index in [0.717, 1.165) is 0 Å². The van der Waals surface area contributed by atoms with Gasteiger partial charge in [-0.05, 0) is 24.6 Å². The molecule has 1 amide bonds. The predicted molar refractivity (Wildman–Crippen MR) is 66.1 cm³/mol. The molecule has 6 heteroatoms. The Hall–Kier alpha value is -1.75. The van der Waals surface area contributed by atoms with Crippen LogP contribution in [0.25, 0.3) is 0 Å². The quantitative estimate of drug-likeness (QED) is 0.910. The Bertz CT molecular complexity index is 503. The molecular weight excluding hydrogens is 258 g/mol. The third-order valence-electron chi connectivity index (χ3n) is 2.69. The number of aliphatic carboxylic acids is 1. The van der Waals surface area contributed by atoms with Crippen molar-refractivity contribution in [1.82, 2.24) is 0 Å². The van der Waals surface area contributed by atoms with E-state index < -0.39 is 18.6 Å². The van der Waals surface area contributed by atoms with Gasteiger partial charge >= 0.3 is 5.97 Å². The molecule has 96 valence electrons. The number of hydrogen-bond acceptors (Lipinski definition) is 3. The van der Waals surface area contributed by atoms with Gasteiger partial charge in [0.25, 0.3) is 5.91 Å². The van der Waals surface area contributed by atoms with Crippen LogP contribution in [0.3, 0.4) is 0 Å². The average Bonchev–Trinajstić information content (AvgIpc) is 2.32. The summed E-state index contributed by atoms with van der Waals surface area (Å²) in [5.41, 5.74) is 0.402. The SMILES string of the molecule is CC[C@@H]1Oc2ccc(Cl)cc2N(CC(=O)O)C1=O. The van der Waals surface area contributed by atoms with E-state index >= 15 is 0 Å². The minimum absolute atomic E-state index is 0.352. The molecule has 0 unspecified atom stereocenters. The number of ether oxygens (including phenoxy) is 1. The maximum atomic E-state index is 12.1. The second kappa shape index (κ2) is 4.86. The summed E-state index contributed by atoms with van der Waals surface area (Å²) in [6.07, 6.45) is -0.158. The predicted octanol–water partition coefficient (Wildman–Crippen LogP) is 1.93. The van der Waals surface area contributed by atoms with Crippen LogP contribution in [0.5, 0.6) is 5.75 Å². The summed E-state index contributed by atoms with van der Waals surface area (Å²) in [6.45, 7) is 1.41. The lowest BCUT2D eigenvalue weighted by atomic mass is 10.1. The van der Waals surface area contributed by atoms with Crippen LogP contribution < -0.4 is 9.64 Å². The summed E-state index contributed by atoms with van der Waals surface area (Å²) in [4.78, 5) is 24.1. The van der Waals surface area contributed by atoms with Crippen LogP contribution in [0, 0.1) is 0 Å². The van der Waals surface area contributed by atoms with Gasteiger partial charge in [0.15, 0.2) is 6.10 Å². The van der Waals surface area contributed by atoms with Gasteiger partial charge in [-0.2, -0.15) is 0 Å². The van der Waals surface area contributed by atoms with Crippen LogP contribution in [0.2, 0.25) is 5.02 Å². The van der Waals surface area contributed by atoms with Gasteiger partial charge in [-0.3, -0.25) is 14.5 Å². The minimum atomic E-state index is -1.08. The first-order valence-corrected chi connectivity index (χ1v) is 5.90. The van der Waals surface area contributed by atoms with Crippen molar-refractivity contribution in [2.24, 2.45) is 0 Å². The Balaban J connectivity index is 2.45. The molecule has 0 spiro atoms. The molecule has 18 heavy (non-hydrogen) atoms. The monoisotopic (exact) mass is 269 g/mol. The number of anilines is 1. The molecule has 1 heterocycles. The van der Waals surface area contributed by atoms with Crippen molar-refractivity contribution in [2.45, 2.75) is 19.4 Å². The first kappa shape index (κ1) is 12.7. The van der Waals surface area contributed by atoms with Gasteiger partial charge < -0.3 is 9.84 Å². The molecule has 1 aromatic rings. The summed E-state index contributed by atoms with van der Waals surface area (Å²) in [6, 6.07) is 4.81. The molecule has 5 nitrogen and oxygen atoms in total. The molecule has 1 aliphatic rings. The van der Waals surface area contributed by atoms with E-state index in [2.05, 4.69) is 0 Å². The van der Waals surface area contributed by atoms with E-state index in [1.54, 1.807) is 12.1 Å². The zero-order valence-electron chi connectivity index (χ0n) is 9.72. The van der Waals surface area contributed by atoms with Gasteiger partial charge in [0.2, 0.25) is 0 Å². The van der Waals surface area contributed by atoms with E-state index in [1.807, 2.05) is 6.92 Å². The van der Waals surface area contributed by atoms with Crippen LogP contribution in [-0.2, 0) is 9.59 Å². The van der Waals surface area contributed by atoms with Gasteiger partial charge in [0.05, 0.1) is 5.69 Å². The second-order valence-electron chi connectivity index (χ2n) is 3.94. The second-order valence-corrected chi connectivity index (χ2v) is 4.38. The number of fused-ring (bicyclic) bond motifs is 1. The summed E-state index contributed by atoms with van der Waals surface area (Å²) in [5, 5.41) is 9.30. The zero-order chi connectivity index (χ0) is 13.3. The van der Waals surface area contributed by atoms with Gasteiger partial charge in [-0.1, -0.05) is 18.5 Å². The van der Waals surface area contributed by atoms with Crippen LogP contribution >= 0.6 is 11.6 Å². The molecule has 0 bridgehead atoms. The molecule has 0 saturated heterocycles. The Morgan fingerprint density at radius 2 is 2.28 bits per heavy atom. The maximum Gasteiger partial charge on any atom is 0.323 e. The third-order valence-corrected chi connectivity index (χ3v) is 2.92. The van der Waals surface area contributed by atoms with Crippen LogP contribution in [-0.4, -0.2) is 29.6 Å². The van der Waals surface area contributed by atoms with Crippen molar-refractivity contribution >= 4 is 29.2 Å². The highest BCUT2D eigenvalue weighted by molar-refractivity contribution is 6.31. The first-order chi connectivity index (χ1) is 8.52. The van der Waals surface area contributed by atoms with Crippen molar-refractivity contribution in [3.8, 4) is 5.75 Å². The summed E-state index contributed by atoms with van der Waals surface area (Å²) < 4.78 is 5.52. The van der Waals surface area contributed by atoms with Crippen molar-refractivity contribution in [2.75, 3.05) is 11.4 Å². The van der Waals surface area contributed by atoms with E-state index in [1.165, 1.54) is 11.0 Å². The lowest BCUT2D eigenvalue weighted by Crippen LogP contribution is -2.47. The topological polar surface area (TPSA) is 66.8 Å². The highest BCUT2D eigenvalue weighted by Gasteiger charge is 2.34. The lowest BCUT2D eigenvalue weighted by molar-refractivity contribution is -0.137. The number of halogens is 1. The largest absolute Gasteiger partial charge is 0.480 e. The number of hydrogen-bond donors (Lipinski definition) is 1. The average molecular weight is 270 g/mol. The number of carboxylic acids is 1. The van der Waals surface area contributed by atoms with E-state index in [4.69, 9.17) is 21.4 Å². The molecule has 0 aliphatic carbocycles. The number of carbonyl (C=O) groups excluding carboxylic acids is 1. The Kier molecular flexibility index (Phi) is 3.43. The van der Waals surface area contributed by atoms with Gasteiger partial charge in [-0.15, -0.1) is 0 Å². The highest BCUT2D eigenvalue weighted by Crippen LogP contribution is 2.36. The molecule has 1 N–H and O–H groups in total. The van der Waals surface area contributed by atoms with Gasteiger partial charge in [0, 0.05) is 5.02 Å². The normalized spacial score (nSPS) is 18.2. The lowest BCUT2D eigenvalue weighted by Gasteiger charge is -2.33. The summed E-state index contributed by atoms with van der Waals surface area (Å²) in [5.74, 6) is -0.951. The van der Waals surface area contributed by atoms with Crippen molar-refractivity contribution in [3.63, 3.8) is 0 Å². The van der Waals surface area contributed by atoms with Crippen molar-refractivity contribution in [1.29, 1.82) is 0 Å². The van der Waals surface area contributed by atoms with Crippen LogP contribution in [0.1, 0.15) is 13.3 Å². The van der Waals surface area contributed by atoms with E-state index in [9.17, 15) is 9.59 Å². The number of carbonyl (C=O) groups is 2. The third kappa shape index (κ3) is 2.26. The molecule has 1 aliphatic heterocycles. The fraction of sp³-hybridized carbons (Fsp3) is 0.333. The molecule has 2 rings (SSSR count). The number of rotatable bonds is 3. The smallest absolute Gasteiger partial charge is 0.323 e. The van der Waals surface area contributed by atoms with E-state index in [-0.39, 0.29) is 5.91 Å². The number of carboxylic acid groups (broad SMARTS) is 1. The van der Waals surface area contributed by atoms with E-state index in [0.29, 0.717) is 22.9 Å². The fourth-order valence-corrected chi connectivity index (χ4v) is 2.02. The van der Waals surface area contributed by atoms with Crippen LogP contribution in [0.15, 0.2) is 18.2 Å². The molecule has 1 atom stereocenters. The molecule has 1 aromatic carbocycles. The highest BCUT2D eigenvalue weighted by atomic mass is 35.5. The fourth-order valence-electron chi connectivity index (χ4n) is 1.85. The van der Waals surface area contributed by atoms with Gasteiger partial charge in [-0.25, -0.2) is 0 Å². The molecule has 0 radical (unpaired) electrons. The van der Waals surface area contributed by atoms with Gasteiger partial charge in [0.1, 0.15) is 12.3 Å². The van der Waals surface area contributed by atoms with Crippen molar-refractivity contribution < 1.29 is 19.4 Å². The molecule has 0 aromatic heterocycles. The Morgan fingerprint density at radius 3 is 2.89 bits per heavy atom. The first-order valence-electron chi connectivity index (χ1n) is 5.52. The zero-order valence-corrected chi connectivity index (χ0v) is 10.5. The number of amides is 1. The summed E-state index contributed by atoms with van der Waals surface area (Å²) in [7, 11) is 0. The Labute approximate surface area is 109 Å². The molecular formula is C12H12ClNO4. The minimum Gasteiger partial charge on any atom is -0.480 e. The standard InChI is InChI=1S/C12H12ClNO4/c1-2-9-12(17)14(6-11(15)16)8-5-7(13)3-4-10(8)18-9/h3-5,9H,2,6H2,1H3,(H,15,16)/t9-/m0/s1. The van der Waals surface area contributed by atoms with Crippen LogP contribution in [0.4, 0.5) is 5.69 Å². The number of nitrogens with zero attached hydrogens (tertiary/aromatic N) is 1.